The van der Waals surface area contributed by atoms with Crippen molar-refractivity contribution in [1.29, 1.82) is 0 Å². The van der Waals surface area contributed by atoms with Crippen LogP contribution in [0.4, 0.5) is 4.79 Å². The number of aromatic amines is 1. The zero-order valence-corrected chi connectivity index (χ0v) is 22.9. The minimum absolute atomic E-state index is 0.0983. The van der Waals surface area contributed by atoms with E-state index in [-0.39, 0.29) is 31.2 Å². The summed E-state index contributed by atoms with van der Waals surface area (Å²) in [6.45, 7) is 2.97. The first-order chi connectivity index (χ1) is 19.4. The number of hydrogen-bond donors (Lipinski definition) is 3. The molecule has 208 valence electrons. The van der Waals surface area contributed by atoms with Gasteiger partial charge < -0.3 is 24.9 Å². The Labute approximate surface area is 237 Å². The van der Waals surface area contributed by atoms with Crippen LogP contribution < -0.4 is 10.1 Å². The van der Waals surface area contributed by atoms with Crippen LogP contribution in [0.3, 0.4) is 0 Å². The number of benzene rings is 2. The monoisotopic (exact) mass is 562 g/mol. The summed E-state index contributed by atoms with van der Waals surface area (Å²) >= 11 is 6.28. The van der Waals surface area contributed by atoms with Crippen LogP contribution in [-0.4, -0.2) is 64.4 Å². The highest BCUT2D eigenvalue weighted by atomic mass is 35.5. The average molecular weight is 563 g/mol. The molecule has 3 heterocycles. The standard InChI is InChI=1S/C30H31ClN4O5/c1-2-39-30(38)35-15-12-23-24-17-20(31)8-11-25(24)34-27(23)28(35)19-6-9-22(10-7-19)40-16-13-21(36)18-33-29(37)26-5-3-4-14-32-26/h3-11,14,17,21,28,34,36H,2,12-13,15-16,18H2,1H3,(H,33,37)/t21?,28-/m0/s1. The highest BCUT2D eigenvalue weighted by molar-refractivity contribution is 6.31. The van der Waals surface area contributed by atoms with E-state index in [1.807, 2.05) is 42.5 Å². The summed E-state index contributed by atoms with van der Waals surface area (Å²) < 4.78 is 11.2. The molecule has 0 radical (unpaired) electrons. The maximum Gasteiger partial charge on any atom is 0.410 e. The first-order valence-corrected chi connectivity index (χ1v) is 13.7. The molecule has 9 nitrogen and oxygen atoms in total. The molecule has 40 heavy (non-hydrogen) atoms. The highest BCUT2D eigenvalue weighted by Crippen LogP contribution is 2.39. The van der Waals surface area contributed by atoms with Crippen LogP contribution in [0.1, 0.15) is 46.7 Å². The predicted molar refractivity (Wildman–Crippen MR) is 152 cm³/mol. The molecule has 0 aliphatic carbocycles. The topological polar surface area (TPSA) is 117 Å². The second-order valence-electron chi connectivity index (χ2n) is 9.54. The first-order valence-electron chi connectivity index (χ1n) is 13.3. The molecule has 0 fully saturated rings. The van der Waals surface area contributed by atoms with Crippen molar-refractivity contribution >= 4 is 34.5 Å². The third kappa shape index (κ3) is 6.05. The molecule has 0 saturated heterocycles. The van der Waals surface area contributed by atoms with E-state index in [9.17, 15) is 14.7 Å². The van der Waals surface area contributed by atoms with Crippen LogP contribution in [0.15, 0.2) is 66.9 Å². The van der Waals surface area contributed by atoms with E-state index >= 15 is 0 Å². The lowest BCUT2D eigenvalue weighted by atomic mass is 9.92. The summed E-state index contributed by atoms with van der Waals surface area (Å²) in [6.07, 6.45) is 1.45. The molecule has 0 spiro atoms. The fourth-order valence-electron chi connectivity index (χ4n) is 4.97. The number of hydrogen-bond acceptors (Lipinski definition) is 6. The fraction of sp³-hybridized carbons (Fsp3) is 0.300. The Hall–Kier alpha value is -4.08. The number of pyridine rings is 1. The lowest BCUT2D eigenvalue weighted by Gasteiger charge is -2.35. The summed E-state index contributed by atoms with van der Waals surface area (Å²) in [6, 6.07) is 18.1. The molecular formula is C30H31ClN4O5. The number of nitrogens with one attached hydrogen (secondary N) is 2. The summed E-state index contributed by atoms with van der Waals surface area (Å²) in [7, 11) is 0. The number of aromatic nitrogens is 2. The van der Waals surface area contributed by atoms with Gasteiger partial charge in [-0.2, -0.15) is 0 Å². The van der Waals surface area contributed by atoms with Crippen molar-refractivity contribution in [1.82, 2.24) is 20.2 Å². The smallest absolute Gasteiger partial charge is 0.410 e. The van der Waals surface area contributed by atoms with E-state index < -0.39 is 6.10 Å². The van der Waals surface area contributed by atoms with Gasteiger partial charge in [-0.1, -0.05) is 29.8 Å². The number of aliphatic hydroxyl groups excluding tert-OH is 1. The van der Waals surface area contributed by atoms with Crippen molar-refractivity contribution in [3.05, 3.63) is 94.4 Å². The van der Waals surface area contributed by atoms with Gasteiger partial charge in [-0.25, -0.2) is 4.79 Å². The maximum absolute atomic E-state index is 12.9. The fourth-order valence-corrected chi connectivity index (χ4v) is 5.14. The van der Waals surface area contributed by atoms with Gasteiger partial charge in [-0.15, -0.1) is 0 Å². The van der Waals surface area contributed by atoms with Crippen molar-refractivity contribution in [2.24, 2.45) is 0 Å². The van der Waals surface area contributed by atoms with E-state index in [1.54, 1.807) is 36.2 Å². The van der Waals surface area contributed by atoms with Gasteiger partial charge in [0, 0.05) is 47.3 Å². The second kappa shape index (κ2) is 12.4. The van der Waals surface area contributed by atoms with E-state index in [4.69, 9.17) is 21.1 Å². The van der Waals surface area contributed by atoms with Crippen LogP contribution in [-0.2, 0) is 11.2 Å². The number of nitrogens with zero attached hydrogens (tertiary/aromatic N) is 2. The van der Waals surface area contributed by atoms with Crippen molar-refractivity contribution in [2.75, 3.05) is 26.3 Å². The largest absolute Gasteiger partial charge is 0.493 e. The number of ether oxygens (including phenoxy) is 2. The SMILES string of the molecule is CCOC(=O)N1CCc2c([nH]c3ccc(Cl)cc23)[C@@H]1c1ccc(OCCC(O)CNC(=O)c2ccccn2)cc1. The normalized spacial score (nSPS) is 15.4. The van der Waals surface area contributed by atoms with E-state index in [1.165, 1.54) is 0 Å². The molecule has 1 unspecified atom stereocenters. The molecule has 2 aromatic heterocycles. The van der Waals surface area contributed by atoms with Gasteiger partial charge in [-0.05, 0) is 66.9 Å². The van der Waals surface area contributed by atoms with E-state index in [0.717, 1.165) is 27.7 Å². The Morgan fingerprint density at radius 2 is 2.02 bits per heavy atom. The Balaban J connectivity index is 1.24. The summed E-state index contributed by atoms with van der Waals surface area (Å²) in [5.74, 6) is 0.299. The molecule has 4 aromatic rings. The molecule has 5 rings (SSSR count). The molecule has 1 aliphatic rings. The van der Waals surface area contributed by atoms with Crippen LogP contribution >= 0.6 is 11.6 Å². The van der Waals surface area contributed by atoms with Gasteiger partial charge in [0.1, 0.15) is 17.5 Å². The van der Waals surface area contributed by atoms with Crippen LogP contribution in [0.2, 0.25) is 5.02 Å². The number of halogens is 1. The number of amides is 2. The molecule has 0 bridgehead atoms. The molecule has 2 atom stereocenters. The molecule has 0 saturated carbocycles. The minimum Gasteiger partial charge on any atom is -0.493 e. The number of rotatable bonds is 9. The highest BCUT2D eigenvalue weighted by Gasteiger charge is 2.35. The predicted octanol–water partition coefficient (Wildman–Crippen LogP) is 4.88. The van der Waals surface area contributed by atoms with E-state index in [0.29, 0.717) is 42.5 Å². The molecule has 10 heteroatoms. The van der Waals surface area contributed by atoms with Crippen LogP contribution in [0, 0.1) is 0 Å². The van der Waals surface area contributed by atoms with Crippen molar-refractivity contribution < 1.29 is 24.2 Å². The zero-order valence-electron chi connectivity index (χ0n) is 22.1. The molecular weight excluding hydrogens is 532 g/mol. The van der Waals surface area contributed by atoms with Crippen LogP contribution in [0.25, 0.3) is 10.9 Å². The third-order valence-electron chi connectivity index (χ3n) is 6.90. The Morgan fingerprint density at radius 3 is 2.77 bits per heavy atom. The van der Waals surface area contributed by atoms with Crippen molar-refractivity contribution in [3.63, 3.8) is 0 Å². The number of carbonyl (C=O) groups excluding carboxylic acids is 2. The van der Waals surface area contributed by atoms with Gasteiger partial charge in [-0.3, -0.25) is 14.7 Å². The summed E-state index contributed by atoms with van der Waals surface area (Å²) in [5, 5.41) is 14.7. The van der Waals surface area contributed by atoms with Crippen LogP contribution in [0.5, 0.6) is 5.75 Å². The van der Waals surface area contributed by atoms with Crippen molar-refractivity contribution in [3.8, 4) is 5.75 Å². The minimum atomic E-state index is -0.763. The van der Waals surface area contributed by atoms with Gasteiger partial charge in [0.2, 0.25) is 0 Å². The van der Waals surface area contributed by atoms with E-state index in [2.05, 4.69) is 15.3 Å². The Morgan fingerprint density at radius 1 is 1.20 bits per heavy atom. The molecule has 2 amide bonds. The summed E-state index contributed by atoms with van der Waals surface area (Å²) in [5.41, 5.74) is 4.28. The van der Waals surface area contributed by atoms with Gasteiger partial charge in [0.15, 0.2) is 0 Å². The number of carbonyl (C=O) groups is 2. The Bertz CT molecular complexity index is 1470. The van der Waals surface area contributed by atoms with Gasteiger partial charge in [0.25, 0.3) is 5.91 Å². The molecule has 2 aromatic carbocycles. The summed E-state index contributed by atoms with van der Waals surface area (Å²) in [4.78, 5) is 34.2. The van der Waals surface area contributed by atoms with Gasteiger partial charge >= 0.3 is 6.09 Å². The van der Waals surface area contributed by atoms with Crippen molar-refractivity contribution in [2.45, 2.75) is 31.9 Å². The number of H-pyrrole nitrogens is 1. The number of fused-ring (bicyclic) bond motifs is 3. The maximum atomic E-state index is 12.9. The van der Waals surface area contributed by atoms with Gasteiger partial charge in [0.05, 0.1) is 19.3 Å². The zero-order chi connectivity index (χ0) is 28.1. The average Bonchev–Trinajstić information content (AvgIpc) is 3.34. The lowest BCUT2D eigenvalue weighted by Crippen LogP contribution is -2.40. The quantitative estimate of drug-likeness (QED) is 0.268. The lowest BCUT2D eigenvalue weighted by molar-refractivity contribution is 0.0889. The number of aliphatic hydroxyl groups is 1. The molecule has 3 N–H and O–H groups in total. The third-order valence-corrected chi connectivity index (χ3v) is 7.14. The second-order valence-corrected chi connectivity index (χ2v) is 9.97. The first kappa shape index (κ1) is 27.5. The Kier molecular flexibility index (Phi) is 8.52. The molecule has 1 aliphatic heterocycles.